The molecule has 0 aliphatic rings. The third-order valence-electron chi connectivity index (χ3n) is 6.96. The summed E-state index contributed by atoms with van der Waals surface area (Å²) in [6, 6.07) is 24.7. The van der Waals surface area contributed by atoms with E-state index >= 15 is 0 Å². The van der Waals surface area contributed by atoms with Crippen LogP contribution < -0.4 is 0 Å². The van der Waals surface area contributed by atoms with Gasteiger partial charge in [0.1, 0.15) is 0 Å². The van der Waals surface area contributed by atoms with Crippen molar-refractivity contribution in [2.24, 2.45) is 0 Å². The minimum absolute atomic E-state index is 0. The summed E-state index contributed by atoms with van der Waals surface area (Å²) in [6.45, 7) is 7.34. The SMILES string of the molecule is CCCCCCCN(CCCCCCC)CC(O)c1cc(-c2ccccc2)nc(-c2ccccc2)c1.Cl. The Morgan fingerprint density at radius 3 is 1.51 bits per heavy atom. The van der Waals surface area contributed by atoms with Gasteiger partial charge in [0.15, 0.2) is 0 Å². The largest absolute Gasteiger partial charge is 0.387 e. The van der Waals surface area contributed by atoms with Crippen LogP contribution in [0.3, 0.4) is 0 Å². The number of rotatable bonds is 17. The lowest BCUT2D eigenvalue weighted by atomic mass is 10.0. The van der Waals surface area contributed by atoms with Crippen molar-refractivity contribution in [3.8, 4) is 22.5 Å². The predicted molar refractivity (Wildman–Crippen MR) is 161 cm³/mol. The summed E-state index contributed by atoms with van der Waals surface area (Å²) in [7, 11) is 0. The second-order valence-electron chi connectivity index (χ2n) is 10.0. The Kier molecular flexibility index (Phi) is 15.2. The fourth-order valence-electron chi connectivity index (χ4n) is 4.78. The average Bonchev–Trinajstić information content (AvgIpc) is 2.93. The highest BCUT2D eigenvalue weighted by molar-refractivity contribution is 5.85. The molecule has 4 heteroatoms. The standard InChI is InChI=1S/C33H46N2O.ClH/c1-3-5-7-9-17-23-35(24-18-10-8-6-4-2)27-33(36)30-25-31(28-19-13-11-14-20-28)34-32(26-30)29-21-15-12-16-22-29;/h11-16,19-22,25-26,33,36H,3-10,17-18,23-24,27H2,1-2H3;1H. The van der Waals surface area contributed by atoms with Crippen LogP contribution in [0.2, 0.25) is 0 Å². The molecule has 0 saturated heterocycles. The van der Waals surface area contributed by atoms with Gasteiger partial charge in [-0.3, -0.25) is 0 Å². The van der Waals surface area contributed by atoms with Crippen LogP contribution in [0.25, 0.3) is 22.5 Å². The first kappa shape index (κ1) is 31.0. The molecule has 1 heterocycles. The van der Waals surface area contributed by atoms with E-state index in [1.54, 1.807) is 0 Å². The number of halogens is 1. The maximum atomic E-state index is 11.4. The fraction of sp³-hybridized carbons (Fsp3) is 0.485. The van der Waals surface area contributed by atoms with E-state index in [1.807, 2.05) is 36.4 Å². The first-order valence-corrected chi connectivity index (χ1v) is 14.2. The monoisotopic (exact) mass is 522 g/mol. The average molecular weight is 523 g/mol. The second kappa shape index (κ2) is 18.1. The van der Waals surface area contributed by atoms with Crippen LogP contribution in [0.1, 0.15) is 89.7 Å². The number of pyridine rings is 1. The van der Waals surface area contributed by atoms with Crippen LogP contribution in [0.5, 0.6) is 0 Å². The van der Waals surface area contributed by atoms with Gasteiger partial charge in [0.2, 0.25) is 0 Å². The molecular formula is C33H47ClN2O. The van der Waals surface area contributed by atoms with Gasteiger partial charge in [-0.05, 0) is 43.6 Å². The van der Waals surface area contributed by atoms with E-state index in [9.17, 15) is 5.11 Å². The zero-order valence-corrected chi connectivity index (χ0v) is 23.8. The first-order chi connectivity index (χ1) is 17.7. The van der Waals surface area contributed by atoms with Crippen LogP contribution >= 0.6 is 12.4 Å². The molecule has 1 unspecified atom stereocenters. The van der Waals surface area contributed by atoms with Crippen molar-refractivity contribution in [2.45, 2.75) is 84.2 Å². The number of nitrogens with zero attached hydrogens (tertiary/aromatic N) is 2. The van der Waals surface area contributed by atoms with Gasteiger partial charge in [0, 0.05) is 17.7 Å². The number of unbranched alkanes of at least 4 members (excludes halogenated alkanes) is 8. The fourth-order valence-corrected chi connectivity index (χ4v) is 4.78. The van der Waals surface area contributed by atoms with Crippen molar-refractivity contribution < 1.29 is 5.11 Å². The molecule has 2 aromatic carbocycles. The van der Waals surface area contributed by atoms with Gasteiger partial charge in [0.25, 0.3) is 0 Å². The lowest BCUT2D eigenvalue weighted by Gasteiger charge is -2.26. The Morgan fingerprint density at radius 2 is 1.08 bits per heavy atom. The molecule has 1 atom stereocenters. The third kappa shape index (κ3) is 11.0. The molecule has 0 spiro atoms. The maximum absolute atomic E-state index is 11.4. The molecule has 0 aliphatic heterocycles. The Morgan fingerprint density at radius 1 is 0.649 bits per heavy atom. The zero-order valence-electron chi connectivity index (χ0n) is 22.9. The summed E-state index contributed by atoms with van der Waals surface area (Å²) in [5, 5.41) is 11.4. The highest BCUT2D eigenvalue weighted by atomic mass is 35.5. The summed E-state index contributed by atoms with van der Waals surface area (Å²) < 4.78 is 0. The van der Waals surface area contributed by atoms with Crippen molar-refractivity contribution in [1.29, 1.82) is 0 Å². The Hall–Kier alpha value is -2.20. The van der Waals surface area contributed by atoms with E-state index in [0.29, 0.717) is 6.54 Å². The lowest BCUT2D eigenvalue weighted by Crippen LogP contribution is -2.31. The third-order valence-corrected chi connectivity index (χ3v) is 6.96. The molecule has 202 valence electrons. The van der Waals surface area contributed by atoms with Crippen LogP contribution in [-0.2, 0) is 0 Å². The van der Waals surface area contributed by atoms with E-state index in [0.717, 1.165) is 41.2 Å². The Bertz CT molecular complexity index is 908. The predicted octanol–water partition coefficient (Wildman–Crippen LogP) is 9.11. The molecule has 37 heavy (non-hydrogen) atoms. The van der Waals surface area contributed by atoms with Crippen molar-refractivity contribution in [3.05, 3.63) is 78.4 Å². The first-order valence-electron chi connectivity index (χ1n) is 14.2. The van der Waals surface area contributed by atoms with Gasteiger partial charge in [0.05, 0.1) is 17.5 Å². The van der Waals surface area contributed by atoms with Gasteiger partial charge in [-0.2, -0.15) is 0 Å². The molecule has 0 saturated carbocycles. The number of hydrogen-bond donors (Lipinski definition) is 1. The summed E-state index contributed by atoms with van der Waals surface area (Å²) in [5.74, 6) is 0. The van der Waals surface area contributed by atoms with Crippen LogP contribution in [0, 0.1) is 0 Å². The lowest BCUT2D eigenvalue weighted by molar-refractivity contribution is 0.110. The number of benzene rings is 2. The van der Waals surface area contributed by atoms with Crippen molar-refractivity contribution >= 4 is 12.4 Å². The topological polar surface area (TPSA) is 36.4 Å². The summed E-state index contributed by atoms with van der Waals surface area (Å²) >= 11 is 0. The van der Waals surface area contributed by atoms with Crippen LogP contribution in [0.15, 0.2) is 72.8 Å². The molecule has 0 fully saturated rings. The van der Waals surface area contributed by atoms with Gasteiger partial charge >= 0.3 is 0 Å². The van der Waals surface area contributed by atoms with E-state index in [-0.39, 0.29) is 12.4 Å². The smallest absolute Gasteiger partial charge is 0.0918 e. The van der Waals surface area contributed by atoms with Crippen LogP contribution in [-0.4, -0.2) is 34.6 Å². The molecule has 3 nitrogen and oxygen atoms in total. The highest BCUT2D eigenvalue weighted by Gasteiger charge is 2.17. The maximum Gasteiger partial charge on any atom is 0.0918 e. The molecule has 1 N–H and O–H groups in total. The number of aliphatic hydroxyl groups is 1. The molecular weight excluding hydrogens is 476 g/mol. The number of aliphatic hydroxyl groups excluding tert-OH is 1. The van der Waals surface area contributed by atoms with Gasteiger partial charge in [-0.15, -0.1) is 12.4 Å². The van der Waals surface area contributed by atoms with E-state index in [2.05, 4.69) is 55.1 Å². The Balaban J connectivity index is 0.00000481. The van der Waals surface area contributed by atoms with Crippen LogP contribution in [0.4, 0.5) is 0 Å². The van der Waals surface area contributed by atoms with Gasteiger partial charge in [-0.1, -0.05) is 126 Å². The van der Waals surface area contributed by atoms with E-state index < -0.39 is 6.10 Å². The minimum Gasteiger partial charge on any atom is -0.387 e. The molecule has 0 aliphatic carbocycles. The quantitative estimate of drug-likeness (QED) is 0.179. The molecule has 3 rings (SSSR count). The van der Waals surface area contributed by atoms with E-state index in [4.69, 9.17) is 4.98 Å². The van der Waals surface area contributed by atoms with Crippen molar-refractivity contribution in [2.75, 3.05) is 19.6 Å². The summed E-state index contributed by atoms with van der Waals surface area (Å²) in [6.07, 6.45) is 12.3. The minimum atomic E-state index is -0.538. The van der Waals surface area contributed by atoms with E-state index in [1.165, 1.54) is 64.2 Å². The van der Waals surface area contributed by atoms with Gasteiger partial charge < -0.3 is 10.0 Å². The number of aromatic nitrogens is 1. The van der Waals surface area contributed by atoms with Crippen molar-refractivity contribution in [3.63, 3.8) is 0 Å². The normalized spacial score (nSPS) is 11.9. The van der Waals surface area contributed by atoms with Gasteiger partial charge in [-0.25, -0.2) is 4.98 Å². The summed E-state index contributed by atoms with van der Waals surface area (Å²) in [4.78, 5) is 7.46. The number of hydrogen-bond acceptors (Lipinski definition) is 3. The molecule has 0 radical (unpaired) electrons. The summed E-state index contributed by atoms with van der Waals surface area (Å²) in [5.41, 5.74) is 4.93. The Labute approximate surface area is 231 Å². The second-order valence-corrected chi connectivity index (χ2v) is 10.0. The molecule has 0 amide bonds. The molecule has 0 bridgehead atoms. The highest BCUT2D eigenvalue weighted by Crippen LogP contribution is 2.28. The molecule has 1 aromatic heterocycles. The van der Waals surface area contributed by atoms with Crippen molar-refractivity contribution in [1.82, 2.24) is 9.88 Å². The zero-order chi connectivity index (χ0) is 25.4. The molecule has 3 aromatic rings.